The number of ether oxygens (including phenoxy) is 2. The van der Waals surface area contributed by atoms with Crippen LogP contribution in [0.4, 0.5) is 4.79 Å². The molecule has 2 aromatic carbocycles. The summed E-state index contributed by atoms with van der Waals surface area (Å²) in [5.74, 6) is 0.198. The van der Waals surface area contributed by atoms with Gasteiger partial charge in [0.2, 0.25) is 0 Å². The molecule has 1 aliphatic rings. The molecule has 8 heteroatoms. The van der Waals surface area contributed by atoms with Gasteiger partial charge >= 0.3 is 6.09 Å². The number of nitrogens with zero attached hydrogens (tertiary/aromatic N) is 2. The van der Waals surface area contributed by atoms with Crippen molar-refractivity contribution in [1.82, 2.24) is 15.3 Å². The number of rotatable bonds is 6. The van der Waals surface area contributed by atoms with Crippen molar-refractivity contribution in [2.24, 2.45) is 0 Å². The largest absolute Gasteiger partial charge is 0.497 e. The van der Waals surface area contributed by atoms with E-state index in [-0.39, 0.29) is 13.2 Å². The summed E-state index contributed by atoms with van der Waals surface area (Å²) in [6.45, 7) is 1.72. The van der Waals surface area contributed by atoms with E-state index in [9.17, 15) is 9.59 Å². The van der Waals surface area contributed by atoms with Gasteiger partial charge in [0.1, 0.15) is 18.4 Å². The van der Waals surface area contributed by atoms with Gasteiger partial charge in [0.05, 0.1) is 7.11 Å². The van der Waals surface area contributed by atoms with Crippen LogP contribution < -0.4 is 10.2 Å². The van der Waals surface area contributed by atoms with Crippen molar-refractivity contribution in [3.8, 4) is 5.75 Å². The molecule has 0 radical (unpaired) electrons. The van der Waals surface area contributed by atoms with Gasteiger partial charge in [0.15, 0.2) is 0 Å². The molecule has 1 aliphatic heterocycles. The van der Waals surface area contributed by atoms with Gasteiger partial charge in [-0.3, -0.25) is 14.9 Å². The number of hydroxylamine groups is 1. The molecule has 0 aromatic heterocycles. The molecule has 2 N–H and O–H groups in total. The number of hydrogen-bond acceptors (Lipinski definition) is 6. The van der Waals surface area contributed by atoms with E-state index in [4.69, 9.17) is 14.7 Å². The fourth-order valence-electron chi connectivity index (χ4n) is 3.27. The van der Waals surface area contributed by atoms with Crippen LogP contribution in [-0.4, -0.2) is 59.8 Å². The van der Waals surface area contributed by atoms with Crippen LogP contribution in [0.15, 0.2) is 54.6 Å². The summed E-state index contributed by atoms with van der Waals surface area (Å²) in [6.07, 6.45) is -0.478. The predicted molar refractivity (Wildman–Crippen MR) is 105 cm³/mol. The average Bonchev–Trinajstić information content (AvgIpc) is 2.78. The van der Waals surface area contributed by atoms with Crippen LogP contribution in [0.25, 0.3) is 0 Å². The van der Waals surface area contributed by atoms with Crippen LogP contribution in [-0.2, 0) is 22.7 Å². The Kier molecular flexibility index (Phi) is 7.04. The van der Waals surface area contributed by atoms with Gasteiger partial charge in [0, 0.05) is 26.2 Å². The molecule has 3 rings (SSSR count). The molecule has 1 heterocycles. The van der Waals surface area contributed by atoms with Gasteiger partial charge in [-0.25, -0.2) is 10.3 Å². The maximum Gasteiger partial charge on any atom is 0.410 e. The number of benzene rings is 2. The molecule has 1 saturated heterocycles. The molecule has 8 nitrogen and oxygen atoms in total. The summed E-state index contributed by atoms with van der Waals surface area (Å²) in [7, 11) is 1.60. The molecule has 154 valence electrons. The topological polar surface area (TPSA) is 91.3 Å². The van der Waals surface area contributed by atoms with Crippen LogP contribution in [0.5, 0.6) is 5.75 Å². The van der Waals surface area contributed by atoms with E-state index in [2.05, 4.69) is 0 Å². The molecule has 0 aliphatic carbocycles. The van der Waals surface area contributed by atoms with E-state index in [0.717, 1.165) is 16.9 Å². The first-order valence-electron chi connectivity index (χ1n) is 9.37. The Morgan fingerprint density at radius 1 is 1.07 bits per heavy atom. The molecule has 0 saturated carbocycles. The lowest BCUT2D eigenvalue weighted by Crippen LogP contribution is -2.59. The number of methoxy groups -OCH3 is 1. The highest BCUT2D eigenvalue weighted by atomic mass is 16.6. The normalized spacial score (nSPS) is 16.9. The lowest BCUT2D eigenvalue weighted by atomic mass is 10.1. The highest BCUT2D eigenvalue weighted by Gasteiger charge is 2.34. The highest BCUT2D eigenvalue weighted by molar-refractivity contribution is 5.82. The summed E-state index contributed by atoms with van der Waals surface area (Å²) in [5, 5.41) is 9.14. The molecule has 0 spiro atoms. The molecule has 1 atom stereocenters. The van der Waals surface area contributed by atoms with Gasteiger partial charge in [-0.15, -0.1) is 0 Å². The third-order valence-corrected chi connectivity index (χ3v) is 4.91. The first-order chi connectivity index (χ1) is 14.1. The predicted octanol–water partition coefficient (Wildman–Crippen LogP) is 2.02. The minimum atomic E-state index is -0.680. The lowest BCUT2D eigenvalue weighted by molar-refractivity contribution is -0.137. The number of hydrogen-bond donors (Lipinski definition) is 2. The summed E-state index contributed by atoms with van der Waals surface area (Å²) in [6, 6.07) is 16.3. The van der Waals surface area contributed by atoms with E-state index in [1.807, 2.05) is 59.5 Å². The smallest absolute Gasteiger partial charge is 0.410 e. The monoisotopic (exact) mass is 399 g/mol. The SMILES string of the molecule is COc1ccc(CN2CCN(C(=O)OCc3ccccc3)CC2C(=O)NO)cc1. The zero-order chi connectivity index (χ0) is 20.6. The van der Waals surface area contributed by atoms with E-state index < -0.39 is 18.0 Å². The molecule has 1 unspecified atom stereocenters. The first kappa shape index (κ1) is 20.6. The van der Waals surface area contributed by atoms with Gasteiger partial charge < -0.3 is 14.4 Å². The van der Waals surface area contributed by atoms with E-state index in [1.54, 1.807) is 12.6 Å². The maximum absolute atomic E-state index is 12.4. The fraction of sp³-hybridized carbons (Fsp3) is 0.333. The van der Waals surface area contributed by atoms with E-state index >= 15 is 0 Å². The number of carbonyl (C=O) groups excluding carboxylic acids is 2. The minimum Gasteiger partial charge on any atom is -0.497 e. The number of piperazine rings is 1. The van der Waals surface area contributed by atoms with E-state index in [0.29, 0.717) is 19.6 Å². The molecule has 2 aromatic rings. The second kappa shape index (κ2) is 9.90. The third kappa shape index (κ3) is 5.46. The Balaban J connectivity index is 1.61. The quantitative estimate of drug-likeness (QED) is 0.571. The van der Waals surface area contributed by atoms with Gasteiger partial charge in [-0.2, -0.15) is 0 Å². The Morgan fingerprint density at radius 2 is 1.79 bits per heavy atom. The van der Waals surface area contributed by atoms with Crippen molar-refractivity contribution in [2.75, 3.05) is 26.7 Å². The summed E-state index contributed by atoms with van der Waals surface area (Å²) >= 11 is 0. The number of nitrogens with one attached hydrogen (secondary N) is 1. The molecule has 1 fully saturated rings. The maximum atomic E-state index is 12.4. The molecule has 29 heavy (non-hydrogen) atoms. The van der Waals surface area contributed by atoms with Crippen molar-refractivity contribution in [1.29, 1.82) is 0 Å². The van der Waals surface area contributed by atoms with Crippen molar-refractivity contribution >= 4 is 12.0 Å². The van der Waals surface area contributed by atoms with Crippen LogP contribution in [0, 0.1) is 0 Å². The zero-order valence-corrected chi connectivity index (χ0v) is 16.3. The molecular formula is C21H25N3O5. The summed E-state index contributed by atoms with van der Waals surface area (Å²) < 4.78 is 10.5. The summed E-state index contributed by atoms with van der Waals surface area (Å²) in [4.78, 5) is 28.1. The number of carbonyl (C=O) groups is 2. The van der Waals surface area contributed by atoms with Crippen LogP contribution in [0.1, 0.15) is 11.1 Å². The average molecular weight is 399 g/mol. The Hall–Kier alpha value is -3.10. The van der Waals surface area contributed by atoms with Crippen molar-refractivity contribution in [2.45, 2.75) is 19.2 Å². The fourth-order valence-corrected chi connectivity index (χ4v) is 3.27. The van der Waals surface area contributed by atoms with Crippen molar-refractivity contribution in [3.63, 3.8) is 0 Å². The highest BCUT2D eigenvalue weighted by Crippen LogP contribution is 2.18. The lowest BCUT2D eigenvalue weighted by Gasteiger charge is -2.39. The van der Waals surface area contributed by atoms with Gasteiger partial charge in [-0.1, -0.05) is 42.5 Å². The Morgan fingerprint density at radius 3 is 2.45 bits per heavy atom. The van der Waals surface area contributed by atoms with Gasteiger partial charge in [-0.05, 0) is 23.3 Å². The number of amides is 2. The molecular weight excluding hydrogens is 374 g/mol. The molecule has 0 bridgehead atoms. The zero-order valence-electron chi connectivity index (χ0n) is 16.3. The van der Waals surface area contributed by atoms with Crippen LogP contribution in [0.3, 0.4) is 0 Å². The Labute approximate surface area is 169 Å². The van der Waals surface area contributed by atoms with Crippen LogP contribution in [0.2, 0.25) is 0 Å². The second-order valence-electron chi connectivity index (χ2n) is 6.80. The van der Waals surface area contributed by atoms with E-state index in [1.165, 1.54) is 4.90 Å². The first-order valence-corrected chi connectivity index (χ1v) is 9.37. The van der Waals surface area contributed by atoms with Crippen molar-refractivity contribution in [3.05, 3.63) is 65.7 Å². The standard InChI is InChI=1S/C21H25N3O5/c1-28-18-9-7-16(8-10-18)13-23-11-12-24(14-19(23)20(25)22-27)21(26)29-15-17-5-3-2-4-6-17/h2-10,19,27H,11-15H2,1H3,(H,22,25). The van der Waals surface area contributed by atoms with Crippen LogP contribution >= 0.6 is 0 Å². The molecule has 2 amide bonds. The van der Waals surface area contributed by atoms with Crippen molar-refractivity contribution < 1.29 is 24.3 Å². The van der Waals surface area contributed by atoms with Gasteiger partial charge in [0.25, 0.3) is 5.91 Å². The third-order valence-electron chi connectivity index (χ3n) is 4.91. The minimum absolute atomic E-state index is 0.135. The summed E-state index contributed by atoms with van der Waals surface area (Å²) in [5.41, 5.74) is 3.60. The Bertz CT molecular complexity index is 813. The second-order valence-corrected chi connectivity index (χ2v) is 6.80.